The largest absolute Gasteiger partial charge is 0.496 e. The number of piperidine rings is 1. The van der Waals surface area contributed by atoms with Crippen molar-refractivity contribution in [3.63, 3.8) is 0 Å². The minimum Gasteiger partial charge on any atom is -0.496 e. The highest BCUT2D eigenvalue weighted by molar-refractivity contribution is 5.97. The Labute approximate surface area is 150 Å². The van der Waals surface area contributed by atoms with Gasteiger partial charge in [0.2, 0.25) is 0 Å². The van der Waals surface area contributed by atoms with Gasteiger partial charge in [-0.15, -0.1) is 0 Å². The first-order valence-corrected chi connectivity index (χ1v) is 8.82. The maximum atomic E-state index is 12.6. The lowest BCUT2D eigenvalue weighted by Gasteiger charge is -2.35. The average molecular weight is 350 g/mol. The summed E-state index contributed by atoms with van der Waals surface area (Å²) in [6, 6.07) is 3.63. The second-order valence-electron chi connectivity index (χ2n) is 6.71. The van der Waals surface area contributed by atoms with E-state index in [0.717, 1.165) is 19.0 Å². The zero-order valence-corrected chi connectivity index (χ0v) is 15.9. The molecule has 6 heteroatoms. The van der Waals surface area contributed by atoms with Crippen LogP contribution in [0, 0.1) is 5.92 Å². The first kappa shape index (κ1) is 19.4. The van der Waals surface area contributed by atoms with Crippen LogP contribution in [-0.4, -0.2) is 57.8 Å². The molecule has 1 fully saturated rings. The molecule has 2 unspecified atom stereocenters. The van der Waals surface area contributed by atoms with E-state index in [4.69, 9.17) is 14.2 Å². The van der Waals surface area contributed by atoms with Gasteiger partial charge in [-0.05, 0) is 32.2 Å². The maximum absolute atomic E-state index is 12.6. The Morgan fingerprint density at radius 1 is 1.20 bits per heavy atom. The second kappa shape index (κ2) is 8.94. The van der Waals surface area contributed by atoms with Crippen LogP contribution < -0.4 is 19.5 Å². The Morgan fingerprint density at radius 3 is 2.44 bits per heavy atom. The number of benzene rings is 1. The summed E-state index contributed by atoms with van der Waals surface area (Å²) in [6.07, 6.45) is 2.52. The highest BCUT2D eigenvalue weighted by Gasteiger charge is 2.22. The van der Waals surface area contributed by atoms with E-state index in [1.807, 2.05) is 0 Å². The molecule has 1 aromatic carbocycles. The van der Waals surface area contributed by atoms with Gasteiger partial charge in [0.1, 0.15) is 5.75 Å². The molecule has 2 atom stereocenters. The smallest absolute Gasteiger partial charge is 0.255 e. The van der Waals surface area contributed by atoms with Crippen LogP contribution in [-0.2, 0) is 0 Å². The molecular formula is C19H30N2O4. The van der Waals surface area contributed by atoms with Crippen molar-refractivity contribution in [2.24, 2.45) is 5.92 Å². The summed E-state index contributed by atoms with van der Waals surface area (Å²) in [5.74, 6) is 2.06. The number of nitrogens with one attached hydrogen (secondary N) is 1. The van der Waals surface area contributed by atoms with E-state index in [-0.39, 0.29) is 5.91 Å². The van der Waals surface area contributed by atoms with Gasteiger partial charge in [0.25, 0.3) is 5.91 Å². The first-order valence-electron chi connectivity index (χ1n) is 8.82. The van der Waals surface area contributed by atoms with Crippen molar-refractivity contribution in [3.05, 3.63) is 17.7 Å². The molecule has 0 spiro atoms. The van der Waals surface area contributed by atoms with Crippen molar-refractivity contribution >= 4 is 5.91 Å². The fourth-order valence-electron chi connectivity index (χ4n) is 3.30. The first-order chi connectivity index (χ1) is 12.0. The summed E-state index contributed by atoms with van der Waals surface area (Å²) in [7, 11) is 4.64. The van der Waals surface area contributed by atoms with E-state index in [9.17, 15) is 4.79 Å². The van der Waals surface area contributed by atoms with Crippen molar-refractivity contribution in [2.45, 2.75) is 32.7 Å². The quantitative estimate of drug-likeness (QED) is 0.819. The topological polar surface area (TPSA) is 60.0 Å². The second-order valence-corrected chi connectivity index (χ2v) is 6.71. The molecule has 1 aliphatic rings. The van der Waals surface area contributed by atoms with Gasteiger partial charge in [0.05, 0.1) is 26.9 Å². The number of hydrogen-bond donors (Lipinski definition) is 1. The molecule has 140 valence electrons. The summed E-state index contributed by atoms with van der Waals surface area (Å²) in [4.78, 5) is 15.1. The fourth-order valence-corrected chi connectivity index (χ4v) is 3.30. The molecule has 25 heavy (non-hydrogen) atoms. The van der Waals surface area contributed by atoms with Gasteiger partial charge in [-0.1, -0.05) is 6.92 Å². The normalized spacial score (nSPS) is 19.2. The molecule has 1 heterocycles. The minimum absolute atomic E-state index is 0.172. The molecule has 1 N–H and O–H groups in total. The molecule has 0 radical (unpaired) electrons. The summed E-state index contributed by atoms with van der Waals surface area (Å²) < 4.78 is 15.9. The zero-order chi connectivity index (χ0) is 18.4. The third-order valence-corrected chi connectivity index (χ3v) is 4.82. The molecule has 1 saturated heterocycles. The van der Waals surface area contributed by atoms with Gasteiger partial charge in [-0.25, -0.2) is 0 Å². The highest BCUT2D eigenvalue weighted by atomic mass is 16.5. The molecule has 1 amide bonds. The summed E-state index contributed by atoms with van der Waals surface area (Å²) in [6.45, 7) is 7.23. The molecule has 0 aliphatic carbocycles. The Morgan fingerprint density at radius 2 is 1.84 bits per heavy atom. The van der Waals surface area contributed by atoms with Crippen molar-refractivity contribution < 1.29 is 19.0 Å². The van der Waals surface area contributed by atoms with Crippen molar-refractivity contribution in [3.8, 4) is 17.2 Å². The Hall–Kier alpha value is -1.95. The van der Waals surface area contributed by atoms with Crippen LogP contribution in [0.3, 0.4) is 0 Å². The molecule has 1 aromatic rings. The molecule has 0 saturated carbocycles. The van der Waals surface area contributed by atoms with Crippen LogP contribution in [0.5, 0.6) is 17.2 Å². The van der Waals surface area contributed by atoms with Crippen LogP contribution >= 0.6 is 0 Å². The number of ether oxygens (including phenoxy) is 3. The van der Waals surface area contributed by atoms with Crippen LogP contribution in [0.4, 0.5) is 0 Å². The number of likely N-dealkylation sites (tertiary alicyclic amines) is 1. The standard InChI is InChI=1S/C19H30N2O4/c1-13-7-6-8-21(12-13)14(2)11-20-19(22)15-9-17(24-4)18(25-5)10-16(15)23-3/h9-10,13-14H,6-8,11-12H2,1-5H3,(H,20,22). The Balaban J connectivity index is 2.04. The van der Waals surface area contributed by atoms with Gasteiger partial charge >= 0.3 is 0 Å². The molecule has 6 nitrogen and oxygen atoms in total. The van der Waals surface area contributed by atoms with Gasteiger partial charge in [-0.2, -0.15) is 0 Å². The van der Waals surface area contributed by atoms with Crippen LogP contribution in [0.25, 0.3) is 0 Å². The lowest BCUT2D eigenvalue weighted by Crippen LogP contribution is -2.46. The molecular weight excluding hydrogens is 320 g/mol. The number of rotatable bonds is 7. The monoisotopic (exact) mass is 350 g/mol. The van der Waals surface area contributed by atoms with E-state index in [1.54, 1.807) is 26.4 Å². The van der Waals surface area contributed by atoms with Crippen molar-refractivity contribution in [2.75, 3.05) is 41.0 Å². The third-order valence-electron chi connectivity index (χ3n) is 4.82. The van der Waals surface area contributed by atoms with E-state index < -0.39 is 0 Å². The molecule has 2 rings (SSSR count). The predicted octanol–water partition coefficient (Wildman–Crippen LogP) is 2.56. The molecule has 1 aliphatic heterocycles. The number of carbonyl (C=O) groups excluding carboxylic acids is 1. The molecule has 0 aromatic heterocycles. The molecule has 0 bridgehead atoms. The van der Waals surface area contributed by atoms with E-state index in [1.165, 1.54) is 20.0 Å². The van der Waals surface area contributed by atoms with Gasteiger partial charge in [0.15, 0.2) is 11.5 Å². The van der Waals surface area contributed by atoms with Crippen molar-refractivity contribution in [1.29, 1.82) is 0 Å². The van der Waals surface area contributed by atoms with Crippen LogP contribution in [0.1, 0.15) is 37.0 Å². The SMILES string of the molecule is COc1cc(OC)c(C(=O)NCC(C)N2CCCC(C)C2)cc1OC. The van der Waals surface area contributed by atoms with Gasteiger partial charge < -0.3 is 19.5 Å². The maximum Gasteiger partial charge on any atom is 0.255 e. The Kier molecular flexibility index (Phi) is 6.93. The lowest BCUT2D eigenvalue weighted by molar-refractivity contribution is 0.0914. The highest BCUT2D eigenvalue weighted by Crippen LogP contribution is 2.34. The van der Waals surface area contributed by atoms with Crippen LogP contribution in [0.2, 0.25) is 0 Å². The average Bonchev–Trinajstić information content (AvgIpc) is 2.64. The number of amides is 1. The fraction of sp³-hybridized carbons (Fsp3) is 0.632. The summed E-state index contributed by atoms with van der Waals surface area (Å²) >= 11 is 0. The Bertz CT molecular complexity index is 591. The van der Waals surface area contributed by atoms with Gasteiger partial charge in [-0.3, -0.25) is 9.69 Å². The predicted molar refractivity (Wildman–Crippen MR) is 97.9 cm³/mol. The van der Waals surface area contributed by atoms with E-state index in [2.05, 4.69) is 24.1 Å². The van der Waals surface area contributed by atoms with E-state index >= 15 is 0 Å². The van der Waals surface area contributed by atoms with Crippen molar-refractivity contribution in [1.82, 2.24) is 10.2 Å². The summed E-state index contributed by atoms with van der Waals surface area (Å²) in [5, 5.41) is 3.02. The zero-order valence-electron chi connectivity index (χ0n) is 15.9. The lowest BCUT2D eigenvalue weighted by atomic mass is 9.99. The third kappa shape index (κ3) is 4.78. The number of nitrogens with zero attached hydrogens (tertiary/aromatic N) is 1. The minimum atomic E-state index is -0.172. The number of hydrogen-bond acceptors (Lipinski definition) is 5. The number of methoxy groups -OCH3 is 3. The summed E-state index contributed by atoms with van der Waals surface area (Å²) in [5.41, 5.74) is 0.444. The van der Waals surface area contributed by atoms with Gasteiger partial charge in [0, 0.05) is 31.3 Å². The van der Waals surface area contributed by atoms with Crippen LogP contribution in [0.15, 0.2) is 12.1 Å². The van der Waals surface area contributed by atoms with E-state index in [0.29, 0.717) is 35.4 Å². The number of carbonyl (C=O) groups is 1.